The van der Waals surface area contributed by atoms with Gasteiger partial charge in [0.25, 0.3) is 0 Å². The normalized spacial score (nSPS) is 13.2. The third kappa shape index (κ3) is 3.98. The summed E-state index contributed by atoms with van der Waals surface area (Å²) in [5.74, 6) is 1.48. The SMILES string of the molecule is CC(c1ccccc1)N(Cc1ccncc1)C(=O)Cc1ccc2c(c1)OCO2. The lowest BCUT2D eigenvalue weighted by atomic mass is 10.0. The number of benzene rings is 2. The van der Waals surface area contributed by atoms with Crippen molar-refractivity contribution >= 4 is 5.91 Å². The van der Waals surface area contributed by atoms with Crippen molar-refractivity contribution in [3.8, 4) is 11.5 Å². The maximum absolute atomic E-state index is 13.3. The quantitative estimate of drug-likeness (QED) is 0.651. The fourth-order valence-corrected chi connectivity index (χ4v) is 3.36. The lowest BCUT2D eigenvalue weighted by molar-refractivity contribution is -0.133. The molecule has 1 atom stereocenters. The summed E-state index contributed by atoms with van der Waals surface area (Å²) in [5, 5.41) is 0. The number of carbonyl (C=O) groups excluding carboxylic acids is 1. The van der Waals surface area contributed by atoms with Crippen molar-refractivity contribution in [1.82, 2.24) is 9.88 Å². The van der Waals surface area contributed by atoms with Crippen LogP contribution in [0.1, 0.15) is 29.7 Å². The van der Waals surface area contributed by atoms with Crippen molar-refractivity contribution in [2.75, 3.05) is 6.79 Å². The summed E-state index contributed by atoms with van der Waals surface area (Å²) in [6, 6.07) is 19.6. The minimum Gasteiger partial charge on any atom is -0.454 e. The van der Waals surface area contributed by atoms with E-state index in [1.165, 1.54) is 0 Å². The molecule has 0 N–H and O–H groups in total. The number of ether oxygens (including phenoxy) is 2. The van der Waals surface area contributed by atoms with Gasteiger partial charge in [0.1, 0.15) is 0 Å². The number of nitrogens with zero attached hydrogens (tertiary/aromatic N) is 2. The van der Waals surface area contributed by atoms with E-state index in [9.17, 15) is 4.79 Å². The first-order valence-corrected chi connectivity index (χ1v) is 9.32. The van der Waals surface area contributed by atoms with Gasteiger partial charge in [-0.25, -0.2) is 0 Å². The second-order valence-corrected chi connectivity index (χ2v) is 6.83. The van der Waals surface area contributed by atoms with Crippen LogP contribution in [-0.2, 0) is 17.8 Å². The third-order valence-corrected chi connectivity index (χ3v) is 4.96. The lowest BCUT2D eigenvalue weighted by Crippen LogP contribution is -2.34. The molecule has 1 amide bonds. The highest BCUT2D eigenvalue weighted by Gasteiger charge is 2.23. The summed E-state index contributed by atoms with van der Waals surface area (Å²) < 4.78 is 10.8. The molecule has 4 rings (SSSR count). The third-order valence-electron chi connectivity index (χ3n) is 4.96. The Kier molecular flexibility index (Phi) is 5.24. The van der Waals surface area contributed by atoms with Crippen molar-refractivity contribution in [1.29, 1.82) is 0 Å². The zero-order valence-corrected chi connectivity index (χ0v) is 15.7. The van der Waals surface area contributed by atoms with Gasteiger partial charge in [-0.1, -0.05) is 36.4 Å². The number of rotatable bonds is 6. The molecule has 142 valence electrons. The zero-order chi connectivity index (χ0) is 19.3. The van der Waals surface area contributed by atoms with Gasteiger partial charge in [0.2, 0.25) is 12.7 Å². The lowest BCUT2D eigenvalue weighted by Gasteiger charge is -2.30. The Labute approximate surface area is 164 Å². The van der Waals surface area contributed by atoms with Gasteiger partial charge >= 0.3 is 0 Å². The van der Waals surface area contributed by atoms with Crippen LogP contribution in [0.4, 0.5) is 0 Å². The van der Waals surface area contributed by atoms with E-state index in [4.69, 9.17) is 9.47 Å². The summed E-state index contributed by atoms with van der Waals surface area (Å²) in [4.78, 5) is 19.3. The molecule has 5 heteroatoms. The second-order valence-electron chi connectivity index (χ2n) is 6.83. The molecule has 1 aromatic heterocycles. The van der Waals surface area contributed by atoms with Crippen LogP contribution in [0.5, 0.6) is 11.5 Å². The Bertz CT molecular complexity index is 945. The minimum atomic E-state index is -0.0455. The summed E-state index contributed by atoms with van der Waals surface area (Å²) in [6.07, 6.45) is 3.81. The Morgan fingerprint density at radius 1 is 1.00 bits per heavy atom. The molecular weight excluding hydrogens is 352 g/mol. The van der Waals surface area contributed by atoms with Crippen LogP contribution in [0.3, 0.4) is 0 Å². The fraction of sp³-hybridized carbons (Fsp3) is 0.217. The maximum Gasteiger partial charge on any atom is 0.231 e. The van der Waals surface area contributed by atoms with E-state index in [2.05, 4.69) is 24.0 Å². The standard InChI is InChI=1S/C23H22N2O3/c1-17(20-5-3-2-4-6-20)25(15-18-9-11-24-12-10-18)23(26)14-19-7-8-21-22(13-19)28-16-27-21/h2-13,17H,14-16H2,1H3. The van der Waals surface area contributed by atoms with Crippen LogP contribution in [0.25, 0.3) is 0 Å². The number of fused-ring (bicyclic) bond motifs is 1. The minimum absolute atomic E-state index is 0.0455. The molecule has 3 aromatic rings. The topological polar surface area (TPSA) is 51.7 Å². The fourth-order valence-electron chi connectivity index (χ4n) is 3.36. The molecule has 0 fully saturated rings. The molecule has 0 spiro atoms. The van der Waals surface area contributed by atoms with Gasteiger partial charge in [0.15, 0.2) is 11.5 Å². The molecule has 2 aromatic carbocycles. The number of aromatic nitrogens is 1. The predicted octanol–water partition coefficient (Wildman–Crippen LogP) is 4.14. The maximum atomic E-state index is 13.3. The number of pyridine rings is 1. The van der Waals surface area contributed by atoms with Crippen molar-refractivity contribution < 1.29 is 14.3 Å². The van der Waals surface area contributed by atoms with E-state index < -0.39 is 0 Å². The van der Waals surface area contributed by atoms with Gasteiger partial charge in [-0.2, -0.15) is 0 Å². The molecule has 0 bridgehead atoms. The molecule has 2 heterocycles. The van der Waals surface area contributed by atoms with Crippen LogP contribution in [0.2, 0.25) is 0 Å². The number of carbonyl (C=O) groups is 1. The Morgan fingerprint density at radius 3 is 2.54 bits per heavy atom. The predicted molar refractivity (Wildman–Crippen MR) is 106 cm³/mol. The van der Waals surface area contributed by atoms with Gasteiger partial charge in [0, 0.05) is 18.9 Å². The average Bonchev–Trinajstić information content (AvgIpc) is 3.21. The Balaban J connectivity index is 1.57. The van der Waals surface area contributed by atoms with E-state index in [-0.39, 0.29) is 18.7 Å². The zero-order valence-electron chi connectivity index (χ0n) is 15.7. The van der Waals surface area contributed by atoms with Crippen molar-refractivity contribution in [2.45, 2.75) is 25.9 Å². The second kappa shape index (κ2) is 8.13. The van der Waals surface area contributed by atoms with Gasteiger partial charge in [0.05, 0.1) is 12.5 Å². The van der Waals surface area contributed by atoms with E-state index in [1.807, 2.05) is 53.4 Å². The van der Waals surface area contributed by atoms with E-state index in [0.29, 0.717) is 18.7 Å². The highest BCUT2D eigenvalue weighted by atomic mass is 16.7. The Hall–Kier alpha value is -3.34. The first kappa shape index (κ1) is 18.0. The average molecular weight is 374 g/mol. The molecule has 0 aliphatic carbocycles. The summed E-state index contributed by atoms with van der Waals surface area (Å²) >= 11 is 0. The van der Waals surface area contributed by atoms with Gasteiger partial charge in [-0.15, -0.1) is 0 Å². The molecule has 1 aliphatic heterocycles. The van der Waals surface area contributed by atoms with Crippen LogP contribution in [-0.4, -0.2) is 22.6 Å². The number of hydrogen-bond acceptors (Lipinski definition) is 4. The molecule has 0 saturated heterocycles. The Morgan fingerprint density at radius 2 is 1.75 bits per heavy atom. The van der Waals surface area contributed by atoms with E-state index >= 15 is 0 Å². The van der Waals surface area contributed by atoms with Gasteiger partial charge in [-0.05, 0) is 47.9 Å². The van der Waals surface area contributed by atoms with Crippen molar-refractivity contribution in [3.05, 3.63) is 89.7 Å². The van der Waals surface area contributed by atoms with Gasteiger partial charge < -0.3 is 14.4 Å². The number of hydrogen-bond donors (Lipinski definition) is 0. The monoisotopic (exact) mass is 374 g/mol. The van der Waals surface area contributed by atoms with Crippen molar-refractivity contribution in [3.63, 3.8) is 0 Å². The first-order valence-electron chi connectivity index (χ1n) is 9.32. The van der Waals surface area contributed by atoms with Gasteiger partial charge in [-0.3, -0.25) is 9.78 Å². The molecule has 1 unspecified atom stereocenters. The van der Waals surface area contributed by atoms with Crippen LogP contribution >= 0.6 is 0 Å². The van der Waals surface area contributed by atoms with Crippen LogP contribution in [0, 0.1) is 0 Å². The summed E-state index contributed by atoms with van der Waals surface area (Å²) in [7, 11) is 0. The summed E-state index contributed by atoms with van der Waals surface area (Å²) in [5.41, 5.74) is 3.07. The summed E-state index contributed by atoms with van der Waals surface area (Å²) in [6.45, 7) is 2.82. The van der Waals surface area contributed by atoms with Crippen molar-refractivity contribution in [2.24, 2.45) is 0 Å². The highest BCUT2D eigenvalue weighted by Crippen LogP contribution is 2.33. The molecule has 0 radical (unpaired) electrons. The molecule has 1 aliphatic rings. The molecule has 0 saturated carbocycles. The molecular formula is C23H22N2O3. The largest absolute Gasteiger partial charge is 0.454 e. The van der Waals surface area contributed by atoms with E-state index in [0.717, 1.165) is 22.4 Å². The highest BCUT2D eigenvalue weighted by molar-refractivity contribution is 5.79. The number of amides is 1. The smallest absolute Gasteiger partial charge is 0.231 e. The first-order chi connectivity index (χ1) is 13.7. The van der Waals surface area contributed by atoms with Crippen LogP contribution < -0.4 is 9.47 Å². The molecule has 5 nitrogen and oxygen atoms in total. The van der Waals surface area contributed by atoms with Crippen LogP contribution in [0.15, 0.2) is 73.1 Å². The molecule has 28 heavy (non-hydrogen) atoms. The van der Waals surface area contributed by atoms with E-state index in [1.54, 1.807) is 12.4 Å².